The maximum atomic E-state index is 12.8. The SMILES string of the molecule is CC(C)CC12CC1(C)C2C(O)(C(F)(F)F)C(F)(F)F. The third kappa shape index (κ3) is 1.59. The van der Waals surface area contributed by atoms with Crippen molar-refractivity contribution in [1.29, 1.82) is 0 Å². The Morgan fingerprint density at radius 2 is 1.53 bits per heavy atom. The number of aliphatic hydroxyl groups is 1. The Balaban J connectivity index is 2.36. The standard InChI is InChI=1S/C12H16F6O/c1-6(2)4-9-5-8(9,3)7(9)10(19,11(13,14)15)12(16,17)18/h6-7,19H,4-5H2,1-3H3. The molecule has 2 saturated carbocycles. The van der Waals surface area contributed by atoms with Gasteiger partial charge in [0.2, 0.25) is 0 Å². The van der Waals surface area contributed by atoms with Crippen molar-refractivity contribution in [3.05, 3.63) is 0 Å². The molecule has 1 N–H and O–H groups in total. The number of rotatable bonds is 3. The Morgan fingerprint density at radius 3 is 1.79 bits per heavy atom. The molecule has 112 valence electrons. The quantitative estimate of drug-likeness (QED) is 0.781. The highest BCUT2D eigenvalue weighted by Gasteiger charge is 2.98. The summed E-state index contributed by atoms with van der Waals surface area (Å²) in [7, 11) is 0. The average molecular weight is 290 g/mol. The highest BCUT2D eigenvalue weighted by molar-refractivity contribution is 5.40. The summed E-state index contributed by atoms with van der Waals surface area (Å²) in [5, 5.41) is 9.42. The topological polar surface area (TPSA) is 20.2 Å². The number of fused-ring (bicyclic) bond motifs is 1. The van der Waals surface area contributed by atoms with E-state index in [4.69, 9.17) is 0 Å². The van der Waals surface area contributed by atoms with Crippen LogP contribution in [0.15, 0.2) is 0 Å². The summed E-state index contributed by atoms with van der Waals surface area (Å²) in [6.07, 6.45) is -10.8. The van der Waals surface area contributed by atoms with Crippen LogP contribution in [0.2, 0.25) is 0 Å². The summed E-state index contributed by atoms with van der Waals surface area (Å²) in [4.78, 5) is 0. The average Bonchev–Trinajstić information content (AvgIpc) is 2.82. The van der Waals surface area contributed by atoms with E-state index in [2.05, 4.69) is 0 Å². The molecule has 2 rings (SSSR count). The van der Waals surface area contributed by atoms with Crippen molar-refractivity contribution in [2.24, 2.45) is 22.7 Å². The van der Waals surface area contributed by atoms with E-state index in [0.29, 0.717) is 6.42 Å². The normalized spacial score (nSPS) is 38.4. The first kappa shape index (κ1) is 14.9. The lowest BCUT2D eigenvalue weighted by Gasteiger charge is -2.37. The van der Waals surface area contributed by atoms with E-state index in [1.165, 1.54) is 6.92 Å². The zero-order chi connectivity index (χ0) is 15.1. The zero-order valence-electron chi connectivity index (χ0n) is 10.8. The van der Waals surface area contributed by atoms with Gasteiger partial charge in [-0.05, 0) is 29.6 Å². The number of halogens is 6. The molecule has 0 amide bonds. The van der Waals surface area contributed by atoms with Gasteiger partial charge in [0.05, 0.1) is 0 Å². The maximum Gasteiger partial charge on any atom is 0.426 e. The molecule has 2 aliphatic rings. The minimum absolute atomic E-state index is 0.00228. The molecule has 0 aromatic heterocycles. The Hall–Kier alpha value is -0.460. The van der Waals surface area contributed by atoms with E-state index in [1.807, 2.05) is 0 Å². The molecular formula is C12H16F6O. The Kier molecular flexibility index (Phi) is 2.68. The molecule has 0 bridgehead atoms. The van der Waals surface area contributed by atoms with Crippen molar-refractivity contribution < 1.29 is 31.4 Å². The molecule has 19 heavy (non-hydrogen) atoms. The summed E-state index contributed by atoms with van der Waals surface area (Å²) in [6, 6.07) is 0. The van der Waals surface area contributed by atoms with Crippen LogP contribution in [0.25, 0.3) is 0 Å². The Bertz CT molecular complexity index is 384. The number of hydrogen-bond acceptors (Lipinski definition) is 1. The minimum atomic E-state index is -5.70. The lowest BCUT2D eigenvalue weighted by molar-refractivity contribution is -0.383. The van der Waals surface area contributed by atoms with Gasteiger partial charge in [0, 0.05) is 5.92 Å². The lowest BCUT2D eigenvalue weighted by Crippen LogP contribution is -2.61. The van der Waals surface area contributed by atoms with Gasteiger partial charge >= 0.3 is 12.4 Å². The second-order valence-corrected chi connectivity index (χ2v) is 6.54. The third-order valence-electron chi connectivity index (χ3n) is 4.86. The van der Waals surface area contributed by atoms with Gasteiger partial charge < -0.3 is 5.11 Å². The number of hydrogen-bond donors (Lipinski definition) is 1. The largest absolute Gasteiger partial charge is 0.426 e. The molecule has 0 aromatic carbocycles. The molecule has 1 nitrogen and oxygen atoms in total. The third-order valence-corrected chi connectivity index (χ3v) is 4.86. The molecule has 0 aromatic rings. The molecule has 3 unspecified atom stereocenters. The molecule has 0 spiro atoms. The first-order chi connectivity index (χ1) is 8.24. The molecule has 3 atom stereocenters. The van der Waals surface area contributed by atoms with Crippen molar-refractivity contribution in [1.82, 2.24) is 0 Å². The van der Waals surface area contributed by atoms with E-state index >= 15 is 0 Å². The molecular weight excluding hydrogens is 274 g/mol. The fraction of sp³-hybridized carbons (Fsp3) is 1.00. The van der Waals surface area contributed by atoms with Crippen LogP contribution in [-0.4, -0.2) is 23.1 Å². The second kappa shape index (κ2) is 3.40. The zero-order valence-corrected chi connectivity index (χ0v) is 10.8. The second-order valence-electron chi connectivity index (χ2n) is 6.54. The number of alkyl halides is 6. The lowest BCUT2D eigenvalue weighted by atomic mass is 9.81. The fourth-order valence-corrected chi connectivity index (χ4v) is 4.03. The van der Waals surface area contributed by atoms with Crippen LogP contribution in [0.4, 0.5) is 26.3 Å². The summed E-state index contributed by atoms with van der Waals surface area (Å²) >= 11 is 0. The molecule has 0 aliphatic heterocycles. The van der Waals surface area contributed by atoms with Crippen LogP contribution in [0, 0.1) is 22.7 Å². The monoisotopic (exact) mass is 290 g/mol. The van der Waals surface area contributed by atoms with Crippen molar-refractivity contribution in [3.63, 3.8) is 0 Å². The maximum absolute atomic E-state index is 12.8. The van der Waals surface area contributed by atoms with Crippen molar-refractivity contribution >= 4 is 0 Å². The van der Waals surface area contributed by atoms with Gasteiger partial charge in [-0.3, -0.25) is 0 Å². The fourth-order valence-electron chi connectivity index (χ4n) is 4.03. The van der Waals surface area contributed by atoms with Gasteiger partial charge in [-0.2, -0.15) is 26.3 Å². The van der Waals surface area contributed by atoms with E-state index < -0.39 is 34.7 Å². The van der Waals surface area contributed by atoms with E-state index in [1.54, 1.807) is 13.8 Å². The highest BCUT2D eigenvalue weighted by atomic mass is 19.4. The van der Waals surface area contributed by atoms with Crippen LogP contribution in [0.5, 0.6) is 0 Å². The van der Waals surface area contributed by atoms with Crippen LogP contribution in [0.1, 0.15) is 33.6 Å². The predicted octanol–water partition coefficient (Wildman–Crippen LogP) is 3.91. The van der Waals surface area contributed by atoms with Gasteiger partial charge in [0.1, 0.15) is 0 Å². The van der Waals surface area contributed by atoms with Gasteiger partial charge in [-0.15, -0.1) is 0 Å². The molecule has 2 fully saturated rings. The van der Waals surface area contributed by atoms with Gasteiger partial charge in [0.15, 0.2) is 0 Å². The van der Waals surface area contributed by atoms with Gasteiger partial charge in [-0.1, -0.05) is 20.8 Å². The van der Waals surface area contributed by atoms with Crippen LogP contribution in [-0.2, 0) is 0 Å². The van der Waals surface area contributed by atoms with Gasteiger partial charge in [0.25, 0.3) is 5.60 Å². The Labute approximate surface area is 107 Å². The van der Waals surface area contributed by atoms with E-state index in [0.717, 1.165) is 0 Å². The molecule has 2 aliphatic carbocycles. The summed E-state index contributed by atoms with van der Waals surface area (Å²) in [5.41, 5.74) is -6.61. The minimum Gasteiger partial charge on any atom is -0.373 e. The summed E-state index contributed by atoms with van der Waals surface area (Å²) in [6.45, 7) is 4.91. The smallest absolute Gasteiger partial charge is 0.373 e. The van der Waals surface area contributed by atoms with E-state index in [9.17, 15) is 31.4 Å². The van der Waals surface area contributed by atoms with Gasteiger partial charge in [-0.25, -0.2) is 0 Å². The van der Waals surface area contributed by atoms with E-state index in [-0.39, 0.29) is 12.3 Å². The van der Waals surface area contributed by atoms with Crippen molar-refractivity contribution in [3.8, 4) is 0 Å². The molecule has 0 saturated heterocycles. The summed E-state index contributed by atoms with van der Waals surface area (Å²) < 4.78 is 76.8. The van der Waals surface area contributed by atoms with Crippen molar-refractivity contribution in [2.75, 3.05) is 0 Å². The first-order valence-corrected chi connectivity index (χ1v) is 6.10. The molecule has 0 heterocycles. The van der Waals surface area contributed by atoms with Crippen LogP contribution >= 0.6 is 0 Å². The Morgan fingerprint density at radius 1 is 1.11 bits per heavy atom. The first-order valence-electron chi connectivity index (χ1n) is 6.10. The van der Waals surface area contributed by atoms with Crippen LogP contribution in [0.3, 0.4) is 0 Å². The molecule has 0 radical (unpaired) electrons. The summed E-state index contributed by atoms with van der Waals surface area (Å²) in [5.74, 6) is -1.77. The predicted molar refractivity (Wildman–Crippen MR) is 55.2 cm³/mol. The van der Waals surface area contributed by atoms with Crippen molar-refractivity contribution in [2.45, 2.75) is 51.6 Å². The highest BCUT2D eigenvalue weighted by Crippen LogP contribution is 2.95. The molecule has 7 heteroatoms. The van der Waals surface area contributed by atoms with Crippen LogP contribution < -0.4 is 0 Å².